The summed E-state index contributed by atoms with van der Waals surface area (Å²) in [6.07, 6.45) is 0. The van der Waals surface area contributed by atoms with Gasteiger partial charge in [0.2, 0.25) is 0 Å². The predicted octanol–water partition coefficient (Wildman–Crippen LogP) is 4.40. The molecule has 0 spiro atoms. The van der Waals surface area contributed by atoms with Crippen LogP contribution in [-0.2, 0) is 0 Å². The molecule has 4 aromatic rings. The molecule has 26 heavy (non-hydrogen) atoms. The van der Waals surface area contributed by atoms with Crippen molar-refractivity contribution in [3.63, 3.8) is 0 Å². The number of benzene rings is 3. The lowest BCUT2D eigenvalue weighted by atomic mass is 10.00. The second-order valence-corrected chi connectivity index (χ2v) is 5.87. The molecule has 1 heterocycles. The summed E-state index contributed by atoms with van der Waals surface area (Å²) >= 11 is 0. The van der Waals surface area contributed by atoms with Crippen LogP contribution in [0.2, 0.25) is 0 Å². The number of ketones is 1. The summed E-state index contributed by atoms with van der Waals surface area (Å²) in [6, 6.07) is 22.2. The molecule has 0 aliphatic heterocycles. The summed E-state index contributed by atoms with van der Waals surface area (Å²) in [5.41, 5.74) is 1.11. The van der Waals surface area contributed by atoms with Crippen molar-refractivity contribution in [1.82, 2.24) is 0 Å². The van der Waals surface area contributed by atoms with E-state index in [0.29, 0.717) is 11.3 Å². The molecular formula is C22H14O4. The maximum absolute atomic E-state index is 12.6. The number of phenols is 1. The lowest BCUT2D eigenvalue weighted by Gasteiger charge is -2.08. The third-order valence-corrected chi connectivity index (χ3v) is 4.21. The summed E-state index contributed by atoms with van der Waals surface area (Å²) in [7, 11) is 0. The van der Waals surface area contributed by atoms with Crippen LogP contribution in [0.15, 0.2) is 88.1 Å². The Labute approximate surface area is 149 Å². The summed E-state index contributed by atoms with van der Waals surface area (Å²) < 4.78 is 5.78. The molecule has 1 aromatic heterocycles. The first-order valence-electron chi connectivity index (χ1n) is 8.10. The largest absolute Gasteiger partial charge is 0.506 e. The van der Waals surface area contributed by atoms with Crippen LogP contribution in [0.5, 0.6) is 5.75 Å². The van der Waals surface area contributed by atoms with Crippen LogP contribution in [-0.4, -0.2) is 10.9 Å². The van der Waals surface area contributed by atoms with Crippen molar-refractivity contribution in [1.29, 1.82) is 0 Å². The third kappa shape index (κ3) is 2.67. The van der Waals surface area contributed by atoms with E-state index < -0.39 is 5.43 Å². The molecule has 4 rings (SSSR count). The number of rotatable bonds is 3. The van der Waals surface area contributed by atoms with Crippen LogP contribution in [0.4, 0.5) is 0 Å². The summed E-state index contributed by atoms with van der Waals surface area (Å²) in [4.78, 5) is 25.2. The van der Waals surface area contributed by atoms with Crippen LogP contribution in [0, 0.1) is 0 Å². The lowest BCUT2D eigenvalue weighted by Crippen LogP contribution is -2.06. The van der Waals surface area contributed by atoms with Gasteiger partial charge in [0.25, 0.3) is 0 Å². The molecule has 0 fully saturated rings. The van der Waals surface area contributed by atoms with Gasteiger partial charge in [-0.15, -0.1) is 0 Å². The Balaban J connectivity index is 1.88. The maximum atomic E-state index is 12.6. The Morgan fingerprint density at radius 2 is 1.50 bits per heavy atom. The highest BCUT2D eigenvalue weighted by Gasteiger charge is 2.19. The first-order chi connectivity index (χ1) is 12.6. The van der Waals surface area contributed by atoms with Crippen LogP contribution >= 0.6 is 0 Å². The first-order valence-corrected chi connectivity index (χ1v) is 8.10. The minimum atomic E-state index is -0.398. The maximum Gasteiger partial charge on any atom is 0.197 e. The van der Waals surface area contributed by atoms with Gasteiger partial charge in [-0.1, -0.05) is 60.7 Å². The predicted molar refractivity (Wildman–Crippen MR) is 99.5 cm³/mol. The van der Waals surface area contributed by atoms with E-state index >= 15 is 0 Å². The minimum Gasteiger partial charge on any atom is -0.506 e. The van der Waals surface area contributed by atoms with E-state index in [1.54, 1.807) is 36.4 Å². The zero-order chi connectivity index (χ0) is 18.1. The number of carbonyl (C=O) groups excluding carboxylic acids is 1. The number of carbonyl (C=O) groups is 1. The van der Waals surface area contributed by atoms with Gasteiger partial charge in [0.15, 0.2) is 11.2 Å². The van der Waals surface area contributed by atoms with Crippen molar-refractivity contribution >= 4 is 16.8 Å². The quantitative estimate of drug-likeness (QED) is 0.561. The standard InChI is InChI=1S/C22H14O4/c23-17-13-19(14-7-3-1-4-8-14)26-18-12-11-16(22(25)20(17)18)21(24)15-9-5-2-6-10-15/h1-13,25H. The van der Waals surface area contributed by atoms with Gasteiger partial charge >= 0.3 is 0 Å². The van der Waals surface area contributed by atoms with Crippen molar-refractivity contribution in [3.8, 4) is 17.1 Å². The van der Waals surface area contributed by atoms with Gasteiger partial charge in [-0.25, -0.2) is 0 Å². The molecule has 126 valence electrons. The Hall–Kier alpha value is -3.66. The molecule has 0 unspecified atom stereocenters. The van der Waals surface area contributed by atoms with Gasteiger partial charge in [-0.3, -0.25) is 9.59 Å². The highest BCUT2D eigenvalue weighted by atomic mass is 16.3. The molecule has 0 saturated carbocycles. The summed E-state index contributed by atoms with van der Waals surface area (Å²) in [6.45, 7) is 0. The monoisotopic (exact) mass is 342 g/mol. The van der Waals surface area contributed by atoms with Crippen LogP contribution in [0.3, 0.4) is 0 Å². The normalized spacial score (nSPS) is 10.8. The van der Waals surface area contributed by atoms with Gasteiger partial charge in [0.1, 0.15) is 22.5 Å². The van der Waals surface area contributed by atoms with Gasteiger partial charge in [-0.05, 0) is 12.1 Å². The fourth-order valence-corrected chi connectivity index (χ4v) is 2.91. The Kier molecular flexibility index (Phi) is 3.86. The molecule has 4 heteroatoms. The first kappa shape index (κ1) is 15.8. The smallest absolute Gasteiger partial charge is 0.197 e. The van der Waals surface area contributed by atoms with Crippen molar-refractivity contribution in [3.05, 3.63) is 100 Å². The van der Waals surface area contributed by atoms with Crippen LogP contribution < -0.4 is 5.43 Å². The molecule has 1 N–H and O–H groups in total. The third-order valence-electron chi connectivity index (χ3n) is 4.21. The lowest BCUT2D eigenvalue weighted by molar-refractivity contribution is 0.103. The van der Waals surface area contributed by atoms with Crippen molar-refractivity contribution < 1.29 is 14.3 Å². The average molecular weight is 342 g/mol. The molecule has 0 saturated heterocycles. The van der Waals surface area contributed by atoms with Gasteiger partial charge in [-0.2, -0.15) is 0 Å². The molecular weight excluding hydrogens is 328 g/mol. The minimum absolute atomic E-state index is 0.00598. The highest BCUT2D eigenvalue weighted by molar-refractivity contribution is 6.13. The molecule has 0 aliphatic rings. The number of fused-ring (bicyclic) bond motifs is 1. The van der Waals surface area contributed by atoms with Crippen LogP contribution in [0.1, 0.15) is 15.9 Å². The molecule has 0 radical (unpaired) electrons. The Morgan fingerprint density at radius 3 is 2.19 bits per heavy atom. The second kappa shape index (κ2) is 6.33. The molecule has 0 amide bonds. The van der Waals surface area contributed by atoms with Gasteiger partial charge in [0.05, 0.1) is 5.56 Å². The van der Waals surface area contributed by atoms with Crippen molar-refractivity contribution in [2.75, 3.05) is 0 Å². The average Bonchev–Trinajstić information content (AvgIpc) is 2.69. The Morgan fingerprint density at radius 1 is 0.846 bits per heavy atom. The van der Waals surface area contributed by atoms with E-state index in [1.807, 2.05) is 30.3 Å². The fourth-order valence-electron chi connectivity index (χ4n) is 2.91. The van der Waals surface area contributed by atoms with Gasteiger partial charge < -0.3 is 9.52 Å². The van der Waals surface area contributed by atoms with Crippen molar-refractivity contribution in [2.24, 2.45) is 0 Å². The Bertz CT molecular complexity index is 1160. The highest BCUT2D eigenvalue weighted by Crippen LogP contribution is 2.30. The molecule has 0 atom stereocenters. The zero-order valence-corrected chi connectivity index (χ0v) is 13.7. The molecule has 0 aliphatic carbocycles. The van der Waals surface area contributed by atoms with Crippen LogP contribution in [0.25, 0.3) is 22.3 Å². The van der Waals surface area contributed by atoms with E-state index in [1.165, 1.54) is 12.1 Å². The van der Waals surface area contributed by atoms with E-state index in [9.17, 15) is 14.7 Å². The summed E-state index contributed by atoms with van der Waals surface area (Å²) in [5.74, 6) is -0.300. The van der Waals surface area contributed by atoms with E-state index in [-0.39, 0.29) is 28.1 Å². The number of hydrogen-bond donors (Lipinski definition) is 1. The van der Waals surface area contributed by atoms with E-state index in [0.717, 1.165) is 5.56 Å². The van der Waals surface area contributed by atoms with E-state index in [4.69, 9.17) is 4.42 Å². The van der Waals surface area contributed by atoms with Gasteiger partial charge in [0, 0.05) is 17.2 Å². The number of aromatic hydroxyl groups is 1. The topological polar surface area (TPSA) is 67.5 Å². The zero-order valence-electron chi connectivity index (χ0n) is 13.7. The van der Waals surface area contributed by atoms with Crippen molar-refractivity contribution in [2.45, 2.75) is 0 Å². The fraction of sp³-hybridized carbons (Fsp3) is 0. The number of phenolic OH excluding ortho intramolecular Hbond substituents is 1. The second-order valence-electron chi connectivity index (χ2n) is 5.87. The summed E-state index contributed by atoms with van der Waals surface area (Å²) in [5, 5.41) is 10.5. The molecule has 4 nitrogen and oxygen atoms in total. The van der Waals surface area contributed by atoms with E-state index in [2.05, 4.69) is 0 Å². The SMILES string of the molecule is O=C(c1ccccc1)c1ccc2oc(-c3ccccc3)cc(=O)c2c1O. The molecule has 0 bridgehead atoms. The number of hydrogen-bond acceptors (Lipinski definition) is 4. The molecule has 3 aromatic carbocycles.